The molecule has 1 heterocycles. The van der Waals surface area contributed by atoms with Gasteiger partial charge in [-0.15, -0.1) is 0 Å². The van der Waals surface area contributed by atoms with E-state index in [0.29, 0.717) is 10.1 Å². The number of benzene rings is 3. The molecule has 1 aliphatic rings. The zero-order chi connectivity index (χ0) is 20.4. The third-order valence-corrected chi connectivity index (χ3v) is 5.63. The van der Waals surface area contributed by atoms with Gasteiger partial charge in [-0.1, -0.05) is 48.5 Å². The average molecular weight is 401 g/mol. The van der Waals surface area contributed by atoms with Crippen LogP contribution in [0.3, 0.4) is 0 Å². The molecule has 0 aromatic heterocycles. The zero-order valence-corrected chi connectivity index (χ0v) is 17.0. The van der Waals surface area contributed by atoms with E-state index in [2.05, 4.69) is 0 Å². The van der Waals surface area contributed by atoms with Crippen LogP contribution in [0.15, 0.2) is 82.7 Å². The molecule has 4 nitrogen and oxygen atoms in total. The van der Waals surface area contributed by atoms with Gasteiger partial charge in [-0.25, -0.2) is 4.99 Å². The van der Waals surface area contributed by atoms with Crippen LogP contribution in [0.5, 0.6) is 5.75 Å². The molecule has 1 amide bonds. The molecule has 0 spiro atoms. The van der Waals surface area contributed by atoms with Gasteiger partial charge in [0.25, 0.3) is 5.91 Å². The van der Waals surface area contributed by atoms with Crippen molar-refractivity contribution in [3.05, 3.63) is 94.4 Å². The highest BCUT2D eigenvalue weighted by atomic mass is 32.2. The number of phenols is 1. The van der Waals surface area contributed by atoms with Gasteiger partial charge in [0.1, 0.15) is 5.75 Å². The first kappa shape index (κ1) is 19.0. The normalized spacial score (nSPS) is 16.8. The second-order valence-electron chi connectivity index (χ2n) is 6.81. The predicted molar refractivity (Wildman–Crippen MR) is 121 cm³/mol. The van der Waals surface area contributed by atoms with E-state index in [1.807, 2.05) is 68.4 Å². The second-order valence-corrected chi connectivity index (χ2v) is 7.82. The number of aliphatic imine (C=N–C) groups is 1. The van der Waals surface area contributed by atoms with Crippen molar-refractivity contribution in [3.8, 4) is 5.75 Å². The van der Waals surface area contributed by atoms with Gasteiger partial charge in [0.2, 0.25) is 0 Å². The van der Waals surface area contributed by atoms with Crippen molar-refractivity contribution >= 4 is 40.3 Å². The zero-order valence-electron chi connectivity index (χ0n) is 16.2. The molecule has 1 saturated heterocycles. The van der Waals surface area contributed by atoms with Crippen LogP contribution in [0.2, 0.25) is 0 Å². The van der Waals surface area contributed by atoms with Crippen LogP contribution in [0.4, 0.5) is 11.4 Å². The first-order valence-electron chi connectivity index (χ1n) is 9.26. The standard InChI is InChI=1S/C24H20N2O2S/c1-16-8-3-5-12-20(16)25-24-26(21-13-6-4-9-17(21)2)23(28)22(29-24)15-18-10-7-11-19(27)14-18/h3-15,27H,1-2H3/b22-15+,25-24?. The Balaban J connectivity index is 1.82. The second kappa shape index (κ2) is 7.97. The largest absolute Gasteiger partial charge is 0.508 e. The average Bonchev–Trinajstić information content (AvgIpc) is 2.99. The molecule has 0 radical (unpaired) electrons. The molecule has 3 aromatic carbocycles. The Labute approximate surface area is 174 Å². The van der Waals surface area contributed by atoms with E-state index in [1.165, 1.54) is 11.8 Å². The maximum absolute atomic E-state index is 13.3. The van der Waals surface area contributed by atoms with Crippen molar-refractivity contribution in [1.82, 2.24) is 0 Å². The molecule has 5 heteroatoms. The van der Waals surface area contributed by atoms with Crippen molar-refractivity contribution in [1.29, 1.82) is 0 Å². The molecular weight excluding hydrogens is 380 g/mol. The monoisotopic (exact) mass is 400 g/mol. The lowest BCUT2D eigenvalue weighted by Crippen LogP contribution is -2.29. The molecule has 29 heavy (non-hydrogen) atoms. The Kier molecular flexibility index (Phi) is 5.23. The summed E-state index contributed by atoms with van der Waals surface area (Å²) in [6, 6.07) is 22.5. The van der Waals surface area contributed by atoms with Crippen molar-refractivity contribution in [3.63, 3.8) is 0 Å². The molecular formula is C24H20N2O2S. The van der Waals surface area contributed by atoms with Crippen LogP contribution < -0.4 is 4.90 Å². The molecule has 3 aromatic rings. The lowest BCUT2D eigenvalue weighted by atomic mass is 10.1. The van der Waals surface area contributed by atoms with Gasteiger partial charge < -0.3 is 5.11 Å². The summed E-state index contributed by atoms with van der Waals surface area (Å²) in [5.41, 5.74) is 4.46. The maximum Gasteiger partial charge on any atom is 0.271 e. The van der Waals surface area contributed by atoms with Gasteiger partial charge in [0.15, 0.2) is 5.17 Å². The number of amides is 1. The van der Waals surface area contributed by atoms with Crippen molar-refractivity contribution in [2.24, 2.45) is 4.99 Å². The summed E-state index contributed by atoms with van der Waals surface area (Å²) >= 11 is 1.34. The molecule has 0 aliphatic carbocycles. The van der Waals surface area contributed by atoms with E-state index in [9.17, 15) is 9.90 Å². The van der Waals surface area contributed by atoms with E-state index in [4.69, 9.17) is 4.99 Å². The molecule has 0 saturated carbocycles. The van der Waals surface area contributed by atoms with Crippen molar-refractivity contribution in [2.45, 2.75) is 13.8 Å². The summed E-state index contributed by atoms with van der Waals surface area (Å²) in [7, 11) is 0. The number of aromatic hydroxyl groups is 1. The van der Waals surface area contributed by atoms with E-state index < -0.39 is 0 Å². The number of nitrogens with zero attached hydrogens (tertiary/aromatic N) is 2. The first-order chi connectivity index (χ1) is 14.0. The van der Waals surface area contributed by atoms with Crippen LogP contribution in [0, 0.1) is 13.8 Å². The maximum atomic E-state index is 13.3. The fourth-order valence-electron chi connectivity index (χ4n) is 3.13. The number of hydrogen-bond acceptors (Lipinski definition) is 4. The highest BCUT2D eigenvalue weighted by Crippen LogP contribution is 2.38. The summed E-state index contributed by atoms with van der Waals surface area (Å²) in [4.78, 5) is 20.4. The number of aryl methyl sites for hydroxylation is 2. The number of phenolic OH excluding ortho intramolecular Hbond substituents is 1. The summed E-state index contributed by atoms with van der Waals surface area (Å²) in [5.74, 6) is 0.0410. The van der Waals surface area contributed by atoms with E-state index >= 15 is 0 Å². The number of thioether (sulfide) groups is 1. The summed E-state index contributed by atoms with van der Waals surface area (Å²) in [5, 5.41) is 10.4. The molecule has 0 atom stereocenters. The number of amidine groups is 1. The molecule has 1 aliphatic heterocycles. The van der Waals surface area contributed by atoms with Gasteiger partial charge >= 0.3 is 0 Å². The highest BCUT2D eigenvalue weighted by Gasteiger charge is 2.35. The first-order valence-corrected chi connectivity index (χ1v) is 10.1. The summed E-state index contributed by atoms with van der Waals surface area (Å²) < 4.78 is 0. The van der Waals surface area contributed by atoms with E-state index in [1.54, 1.807) is 29.2 Å². The van der Waals surface area contributed by atoms with Crippen LogP contribution in [-0.2, 0) is 4.79 Å². The Bertz CT molecular complexity index is 1150. The molecule has 0 bridgehead atoms. The fourth-order valence-corrected chi connectivity index (χ4v) is 4.12. The fraction of sp³-hybridized carbons (Fsp3) is 0.0833. The minimum Gasteiger partial charge on any atom is -0.508 e. The summed E-state index contributed by atoms with van der Waals surface area (Å²) in [6.07, 6.45) is 1.79. The van der Waals surface area contributed by atoms with Crippen molar-refractivity contribution < 1.29 is 9.90 Å². The molecule has 1 N–H and O–H groups in total. The highest BCUT2D eigenvalue weighted by molar-refractivity contribution is 8.19. The number of carbonyl (C=O) groups is 1. The van der Waals surface area contributed by atoms with Gasteiger partial charge in [0.05, 0.1) is 16.3 Å². The van der Waals surface area contributed by atoms with Gasteiger partial charge in [-0.3, -0.25) is 9.69 Å². The third kappa shape index (κ3) is 3.96. The smallest absolute Gasteiger partial charge is 0.271 e. The topological polar surface area (TPSA) is 52.9 Å². The lowest BCUT2D eigenvalue weighted by Gasteiger charge is -2.18. The predicted octanol–water partition coefficient (Wildman–Crippen LogP) is 5.82. The van der Waals surface area contributed by atoms with Crippen LogP contribution in [0.1, 0.15) is 16.7 Å². The number of carbonyl (C=O) groups excluding carboxylic acids is 1. The third-order valence-electron chi connectivity index (χ3n) is 4.66. The molecule has 0 unspecified atom stereocenters. The van der Waals surface area contributed by atoms with Gasteiger partial charge in [-0.05, 0) is 72.6 Å². The van der Waals surface area contributed by atoms with Crippen LogP contribution >= 0.6 is 11.8 Å². The number of hydrogen-bond donors (Lipinski definition) is 1. The summed E-state index contributed by atoms with van der Waals surface area (Å²) in [6.45, 7) is 3.98. The Hall–Kier alpha value is -3.31. The molecule has 1 fully saturated rings. The Morgan fingerprint density at radius 3 is 2.38 bits per heavy atom. The van der Waals surface area contributed by atoms with Gasteiger partial charge in [0, 0.05) is 0 Å². The van der Waals surface area contributed by atoms with Gasteiger partial charge in [-0.2, -0.15) is 0 Å². The Morgan fingerprint density at radius 1 is 0.931 bits per heavy atom. The van der Waals surface area contributed by atoms with E-state index in [0.717, 1.165) is 28.1 Å². The number of rotatable bonds is 3. The number of para-hydroxylation sites is 2. The van der Waals surface area contributed by atoms with Crippen LogP contribution in [-0.4, -0.2) is 16.2 Å². The Morgan fingerprint density at radius 2 is 1.66 bits per heavy atom. The quantitative estimate of drug-likeness (QED) is 0.564. The van der Waals surface area contributed by atoms with E-state index in [-0.39, 0.29) is 11.7 Å². The molecule has 144 valence electrons. The minimum atomic E-state index is -0.125. The van der Waals surface area contributed by atoms with Crippen LogP contribution in [0.25, 0.3) is 6.08 Å². The minimum absolute atomic E-state index is 0.125. The molecule has 4 rings (SSSR count). The lowest BCUT2D eigenvalue weighted by molar-refractivity contribution is -0.113. The van der Waals surface area contributed by atoms with Crippen molar-refractivity contribution in [2.75, 3.05) is 4.90 Å². The number of anilines is 1. The SMILES string of the molecule is Cc1ccccc1N=C1S/C(=C/c2cccc(O)c2)C(=O)N1c1ccccc1C.